The summed E-state index contributed by atoms with van der Waals surface area (Å²) in [4.78, 5) is 14.0. The molecule has 0 aromatic heterocycles. The van der Waals surface area contributed by atoms with Crippen LogP contribution in [0.2, 0.25) is 0 Å². The molecule has 29 heavy (non-hydrogen) atoms. The van der Waals surface area contributed by atoms with Crippen molar-refractivity contribution >= 4 is 11.6 Å². The lowest BCUT2D eigenvalue weighted by Crippen LogP contribution is -2.44. The van der Waals surface area contributed by atoms with Crippen LogP contribution in [0.5, 0.6) is 0 Å². The van der Waals surface area contributed by atoms with Crippen molar-refractivity contribution in [3.63, 3.8) is 0 Å². The van der Waals surface area contributed by atoms with Crippen LogP contribution in [0.25, 0.3) is 22.3 Å². The van der Waals surface area contributed by atoms with E-state index in [1.54, 1.807) is 0 Å². The van der Waals surface area contributed by atoms with E-state index >= 15 is 0 Å². The van der Waals surface area contributed by atoms with Crippen LogP contribution in [0.15, 0.2) is 66.7 Å². The minimum absolute atomic E-state index is 0.395. The van der Waals surface area contributed by atoms with Gasteiger partial charge in [-0.25, -0.2) is 0 Å². The minimum Gasteiger partial charge on any atom is -0.368 e. The molecule has 1 aliphatic rings. The number of primary amides is 1. The number of carbonyl (C=O) groups is 1. The van der Waals surface area contributed by atoms with Crippen molar-refractivity contribution in [1.29, 1.82) is 0 Å². The molecule has 0 bridgehead atoms. The molecule has 0 unspecified atom stereocenters. The quantitative estimate of drug-likeness (QED) is 0.695. The van der Waals surface area contributed by atoms with E-state index in [1.165, 1.54) is 27.9 Å². The lowest BCUT2D eigenvalue weighted by molar-refractivity contribution is 0.100. The maximum Gasteiger partial charge on any atom is 0.248 e. The van der Waals surface area contributed by atoms with Crippen LogP contribution < -0.4 is 16.0 Å². The molecule has 3 aromatic rings. The van der Waals surface area contributed by atoms with E-state index in [0.717, 1.165) is 38.2 Å². The van der Waals surface area contributed by atoms with Gasteiger partial charge in [-0.15, -0.1) is 0 Å². The van der Waals surface area contributed by atoms with Crippen LogP contribution in [0.3, 0.4) is 0 Å². The Kier molecular flexibility index (Phi) is 5.63. The van der Waals surface area contributed by atoms with E-state index in [0.29, 0.717) is 5.56 Å². The molecule has 3 aromatic carbocycles. The molecule has 4 rings (SSSR count). The summed E-state index contributed by atoms with van der Waals surface area (Å²) in [5.74, 6) is -0.395. The number of nitrogens with zero attached hydrogens (tertiary/aromatic N) is 1. The van der Waals surface area contributed by atoms with Crippen LogP contribution in [-0.4, -0.2) is 32.1 Å². The molecule has 4 nitrogen and oxygen atoms in total. The molecule has 0 atom stereocenters. The van der Waals surface area contributed by atoms with Gasteiger partial charge in [-0.1, -0.05) is 61.5 Å². The van der Waals surface area contributed by atoms with E-state index in [1.807, 2.05) is 24.3 Å². The van der Waals surface area contributed by atoms with Gasteiger partial charge < -0.3 is 16.0 Å². The van der Waals surface area contributed by atoms with Gasteiger partial charge in [-0.05, 0) is 40.8 Å². The van der Waals surface area contributed by atoms with Crippen molar-refractivity contribution in [1.82, 2.24) is 5.32 Å². The summed E-state index contributed by atoms with van der Waals surface area (Å²) >= 11 is 0. The number of benzene rings is 3. The minimum atomic E-state index is -0.395. The van der Waals surface area contributed by atoms with Crippen LogP contribution in [0, 0.1) is 0 Å². The van der Waals surface area contributed by atoms with Crippen molar-refractivity contribution in [2.75, 3.05) is 31.1 Å². The molecule has 1 saturated heterocycles. The number of carbonyl (C=O) groups excluding carboxylic acids is 1. The zero-order valence-corrected chi connectivity index (χ0v) is 16.8. The number of nitrogens with one attached hydrogen (secondary N) is 1. The topological polar surface area (TPSA) is 58.4 Å². The van der Waals surface area contributed by atoms with Crippen molar-refractivity contribution < 1.29 is 4.79 Å². The lowest BCUT2D eigenvalue weighted by Gasteiger charge is -2.34. The van der Waals surface area contributed by atoms with Gasteiger partial charge in [0, 0.05) is 43.0 Å². The van der Waals surface area contributed by atoms with E-state index in [9.17, 15) is 4.79 Å². The van der Waals surface area contributed by atoms with Gasteiger partial charge in [-0.2, -0.15) is 0 Å². The Morgan fingerprint density at radius 1 is 0.897 bits per heavy atom. The van der Waals surface area contributed by atoms with Crippen LogP contribution in [-0.2, 0) is 6.42 Å². The first-order valence-electron chi connectivity index (χ1n) is 10.3. The van der Waals surface area contributed by atoms with Crippen LogP contribution in [0.1, 0.15) is 22.8 Å². The average Bonchev–Trinajstić information content (AvgIpc) is 2.79. The second-order valence-electron chi connectivity index (χ2n) is 7.39. The third-order valence-electron chi connectivity index (χ3n) is 5.63. The van der Waals surface area contributed by atoms with Crippen molar-refractivity contribution in [2.45, 2.75) is 13.3 Å². The number of piperazine rings is 1. The fourth-order valence-corrected chi connectivity index (χ4v) is 4.18. The summed E-state index contributed by atoms with van der Waals surface area (Å²) in [6, 6.07) is 22.7. The van der Waals surface area contributed by atoms with Gasteiger partial charge in [0.05, 0.1) is 0 Å². The van der Waals surface area contributed by atoms with Gasteiger partial charge in [0.2, 0.25) is 5.91 Å². The molecule has 0 saturated carbocycles. The molecule has 0 radical (unpaired) electrons. The summed E-state index contributed by atoms with van der Waals surface area (Å²) in [7, 11) is 0. The predicted molar refractivity (Wildman–Crippen MR) is 120 cm³/mol. The first-order chi connectivity index (χ1) is 14.2. The van der Waals surface area contributed by atoms with Gasteiger partial charge in [0.15, 0.2) is 0 Å². The summed E-state index contributed by atoms with van der Waals surface area (Å²) in [6.07, 6.45) is 0.937. The molecule has 3 N–H and O–H groups in total. The van der Waals surface area contributed by atoms with Gasteiger partial charge in [0.1, 0.15) is 0 Å². The summed E-state index contributed by atoms with van der Waals surface area (Å²) in [6.45, 7) is 6.20. The maximum absolute atomic E-state index is 11.4. The third kappa shape index (κ3) is 3.89. The first-order valence-corrected chi connectivity index (χ1v) is 10.3. The molecule has 148 valence electrons. The number of hydrogen-bond acceptors (Lipinski definition) is 3. The lowest BCUT2D eigenvalue weighted by atomic mass is 9.90. The molecule has 1 fully saturated rings. The Morgan fingerprint density at radius 2 is 1.52 bits per heavy atom. The highest BCUT2D eigenvalue weighted by Crippen LogP contribution is 2.40. The molecular formula is C25H27N3O. The average molecular weight is 386 g/mol. The summed E-state index contributed by atoms with van der Waals surface area (Å²) in [5.41, 5.74) is 13.5. The Bertz CT molecular complexity index is 991. The second-order valence-corrected chi connectivity index (χ2v) is 7.39. The summed E-state index contributed by atoms with van der Waals surface area (Å²) in [5, 5.41) is 3.46. The Labute approximate surface area is 172 Å². The SMILES string of the molecule is CCc1c(-c2ccc(C(N)=O)cc2)ccc(-c2ccccc2)c1N1CCNCC1. The normalized spacial score (nSPS) is 14.0. The van der Waals surface area contributed by atoms with Crippen molar-refractivity contribution in [3.8, 4) is 22.3 Å². The first kappa shape index (κ1) is 19.2. The summed E-state index contributed by atoms with van der Waals surface area (Å²) < 4.78 is 0. The fraction of sp³-hybridized carbons (Fsp3) is 0.240. The largest absolute Gasteiger partial charge is 0.368 e. The van der Waals surface area contributed by atoms with Crippen molar-refractivity contribution in [2.24, 2.45) is 5.73 Å². The van der Waals surface area contributed by atoms with E-state index in [4.69, 9.17) is 5.73 Å². The second kappa shape index (κ2) is 8.50. The highest BCUT2D eigenvalue weighted by atomic mass is 16.1. The number of amides is 1. The predicted octanol–water partition coefficient (Wildman–Crippen LogP) is 4.09. The van der Waals surface area contributed by atoms with E-state index in [-0.39, 0.29) is 0 Å². The van der Waals surface area contributed by atoms with Gasteiger partial charge in [-0.3, -0.25) is 4.79 Å². The number of anilines is 1. The molecule has 1 amide bonds. The highest BCUT2D eigenvalue weighted by Gasteiger charge is 2.21. The molecular weight excluding hydrogens is 358 g/mol. The monoisotopic (exact) mass is 385 g/mol. The Hall–Kier alpha value is -3.11. The zero-order chi connectivity index (χ0) is 20.2. The van der Waals surface area contributed by atoms with E-state index < -0.39 is 5.91 Å². The van der Waals surface area contributed by atoms with E-state index in [2.05, 4.69) is 59.6 Å². The smallest absolute Gasteiger partial charge is 0.248 e. The highest BCUT2D eigenvalue weighted by molar-refractivity contribution is 5.94. The van der Waals surface area contributed by atoms with Crippen LogP contribution >= 0.6 is 0 Å². The van der Waals surface area contributed by atoms with Crippen LogP contribution in [0.4, 0.5) is 5.69 Å². The zero-order valence-electron chi connectivity index (χ0n) is 16.8. The number of rotatable bonds is 5. The Morgan fingerprint density at radius 3 is 2.14 bits per heavy atom. The molecule has 1 aliphatic heterocycles. The van der Waals surface area contributed by atoms with Crippen molar-refractivity contribution in [3.05, 3.63) is 77.9 Å². The molecule has 1 heterocycles. The fourth-order valence-electron chi connectivity index (χ4n) is 4.18. The molecule has 0 spiro atoms. The van der Waals surface area contributed by atoms with Gasteiger partial charge in [0.25, 0.3) is 0 Å². The molecule has 0 aliphatic carbocycles. The standard InChI is InChI=1S/C25H27N3O/c1-2-21-22(19-8-10-20(11-9-19)25(26)29)12-13-23(18-6-4-3-5-7-18)24(21)28-16-14-27-15-17-28/h3-13,27H,2,14-17H2,1H3,(H2,26,29). The van der Waals surface area contributed by atoms with Gasteiger partial charge >= 0.3 is 0 Å². The third-order valence-corrected chi connectivity index (χ3v) is 5.63. The number of nitrogens with two attached hydrogens (primary N) is 1. The maximum atomic E-state index is 11.4. The Balaban J connectivity index is 1.88. The number of hydrogen-bond donors (Lipinski definition) is 2. The molecule has 4 heteroatoms.